The number of alkyl halides is 12. The number of hydrogen-bond acceptors (Lipinski definition) is 9. The van der Waals surface area contributed by atoms with Gasteiger partial charge in [-0.05, 0) is 176 Å². The van der Waals surface area contributed by atoms with Crippen LogP contribution >= 0.6 is 0 Å². The van der Waals surface area contributed by atoms with Gasteiger partial charge in [0.15, 0.2) is 23.3 Å². The van der Waals surface area contributed by atoms with E-state index in [0.29, 0.717) is 134 Å². The summed E-state index contributed by atoms with van der Waals surface area (Å²) in [5.74, 6) is 0.702. The molecular weight excluding hydrogens is 1620 g/mol. The van der Waals surface area contributed by atoms with Gasteiger partial charge in [0.25, 0.3) is 0 Å². The van der Waals surface area contributed by atoms with Gasteiger partial charge < -0.3 is 14.5 Å². The van der Waals surface area contributed by atoms with Gasteiger partial charge in [-0.1, -0.05) is 218 Å². The van der Waals surface area contributed by atoms with E-state index in [1.165, 1.54) is 12.1 Å². The molecule has 0 bridgehead atoms. The molecule has 0 saturated heterocycles. The maximum atomic E-state index is 15.0. The molecule has 14 aromatic carbocycles. The van der Waals surface area contributed by atoms with E-state index in [1.54, 1.807) is 200 Å². The number of aliphatic imine (C=N–C) groups is 2. The lowest BCUT2D eigenvalue weighted by Gasteiger charge is -2.21. The number of nitrogens with one attached hydrogen (secondary N) is 1. The van der Waals surface area contributed by atoms with Crippen LogP contribution in [0.1, 0.15) is 45.4 Å². The van der Waals surface area contributed by atoms with E-state index in [-0.39, 0.29) is 79.8 Å². The van der Waals surface area contributed by atoms with Crippen molar-refractivity contribution in [3.8, 4) is 119 Å². The third-order valence-electron chi connectivity index (χ3n) is 22.4. The zero-order chi connectivity index (χ0) is 87.1. The van der Waals surface area contributed by atoms with Gasteiger partial charge in [-0.15, -0.1) is 0 Å². The van der Waals surface area contributed by atoms with E-state index in [4.69, 9.17) is 24.9 Å². The maximum absolute atomic E-state index is 15.0. The molecule has 0 atom stereocenters. The van der Waals surface area contributed by atoms with Crippen molar-refractivity contribution in [2.24, 2.45) is 9.98 Å². The molecule has 2 aliphatic rings. The molecule has 0 saturated carbocycles. The van der Waals surface area contributed by atoms with Crippen LogP contribution in [0.15, 0.2) is 349 Å². The summed E-state index contributed by atoms with van der Waals surface area (Å²) in [4.78, 5) is 24.7. The SMILES string of the molecule is N#Cc1cccc(-c2ccc3c(c2)c2ccc(-c4ccc(-c5ccc6c7ccc(-c8ccccc8C#N)cc7n(-c7ccc(-c8cc(C(F)(F)F)cc(C(F)(F)F)c8)c(-c8nc(-c9ccccc9)nc(-c9ccccc9)n8)c7)c6c5)c(C#N)c4)cc2n3-c2ccc(=C3C=C(C(F)(F)F)C=C(C(F)(F)F)C3)c(=C3N=C(c4ccccc4)N=C(c4ccccc4)N3)c2)c1. The highest BCUT2D eigenvalue weighted by molar-refractivity contribution is 6.17. The Morgan fingerprint density at radius 3 is 1.40 bits per heavy atom. The quantitative estimate of drug-likeness (QED) is 0.119. The molecule has 0 radical (unpaired) electrons. The summed E-state index contributed by atoms with van der Waals surface area (Å²) < 4.78 is 184. The first-order valence-corrected chi connectivity index (χ1v) is 39.3. The molecule has 126 heavy (non-hydrogen) atoms. The third kappa shape index (κ3) is 15.0. The highest BCUT2D eigenvalue weighted by Crippen LogP contribution is 2.47. The van der Waals surface area contributed by atoms with Crippen molar-refractivity contribution in [1.82, 2.24) is 29.4 Å². The first-order chi connectivity index (χ1) is 60.8. The number of hydrogen-bond donors (Lipinski definition) is 1. The smallest absolute Gasteiger partial charge is 0.324 e. The zero-order valence-corrected chi connectivity index (χ0v) is 65.4. The number of halogens is 12. The van der Waals surface area contributed by atoms with Crippen molar-refractivity contribution >= 4 is 66.7 Å². The number of allylic oxidation sites excluding steroid dienone is 4. The Morgan fingerprint density at radius 2 is 0.802 bits per heavy atom. The average molecular weight is 1680 g/mol. The molecular formula is C103H57F12N11. The van der Waals surface area contributed by atoms with Crippen molar-refractivity contribution in [1.29, 1.82) is 15.8 Å². The minimum absolute atomic E-state index is 0.00196. The van der Waals surface area contributed by atoms with E-state index in [2.05, 4.69) is 23.5 Å². The molecule has 1 aliphatic heterocycles. The summed E-state index contributed by atoms with van der Waals surface area (Å²) in [5, 5.41) is 38.2. The number of fused-ring (bicyclic) bond motifs is 6. The van der Waals surface area contributed by atoms with Crippen LogP contribution in [-0.2, 0) is 12.4 Å². The van der Waals surface area contributed by atoms with E-state index >= 15 is 0 Å². The van der Waals surface area contributed by atoms with Crippen molar-refractivity contribution in [2.75, 3.05) is 0 Å². The predicted octanol–water partition coefficient (Wildman–Crippen LogP) is 25.1. The van der Waals surface area contributed by atoms with Crippen molar-refractivity contribution in [3.63, 3.8) is 0 Å². The first kappa shape index (κ1) is 79.5. The number of aromatic nitrogens is 5. The van der Waals surface area contributed by atoms with Crippen LogP contribution in [0.4, 0.5) is 52.7 Å². The summed E-state index contributed by atoms with van der Waals surface area (Å²) in [6, 6.07) is 95.4. The average Bonchev–Trinajstić information content (AvgIpc) is 1.56. The molecule has 0 unspecified atom stereocenters. The van der Waals surface area contributed by atoms with Gasteiger partial charge in [0.1, 0.15) is 11.7 Å². The second-order valence-corrected chi connectivity index (χ2v) is 30.2. The Hall–Kier alpha value is -16.3. The number of amidine groups is 2. The van der Waals surface area contributed by atoms with Gasteiger partial charge in [-0.25, -0.2) is 24.9 Å². The lowest BCUT2D eigenvalue weighted by Crippen LogP contribution is -2.38. The van der Waals surface area contributed by atoms with Crippen LogP contribution in [0.3, 0.4) is 0 Å². The Kier molecular flexibility index (Phi) is 19.7. The topological polar surface area (TPSA) is 157 Å². The molecule has 1 aliphatic carbocycles. The highest BCUT2D eigenvalue weighted by atomic mass is 19.4. The second-order valence-electron chi connectivity index (χ2n) is 30.2. The number of nitriles is 3. The van der Waals surface area contributed by atoms with E-state index < -0.39 is 59.0 Å². The first-order valence-electron chi connectivity index (χ1n) is 39.3. The lowest BCUT2D eigenvalue weighted by atomic mass is 9.92. The molecule has 0 fully saturated rings. The predicted molar refractivity (Wildman–Crippen MR) is 464 cm³/mol. The summed E-state index contributed by atoms with van der Waals surface area (Å²) in [5.41, 5.74) is 4.13. The molecule has 1 N–H and O–H groups in total. The van der Waals surface area contributed by atoms with Crippen LogP contribution in [0, 0.1) is 34.0 Å². The zero-order valence-electron chi connectivity index (χ0n) is 65.4. The molecule has 17 aromatic rings. The van der Waals surface area contributed by atoms with Crippen LogP contribution in [0.25, 0.3) is 156 Å². The fourth-order valence-corrected chi connectivity index (χ4v) is 16.5. The summed E-state index contributed by atoms with van der Waals surface area (Å²) >= 11 is 0. The van der Waals surface area contributed by atoms with Gasteiger partial charge in [0, 0.05) is 77.9 Å². The normalized spacial score (nSPS) is 14.1. The van der Waals surface area contributed by atoms with Crippen LogP contribution < -0.4 is 15.8 Å². The van der Waals surface area contributed by atoms with E-state index in [0.717, 1.165) is 17.2 Å². The molecule has 23 heteroatoms. The van der Waals surface area contributed by atoms with Gasteiger partial charge in [-0.3, -0.25) is 0 Å². The molecule has 3 aromatic heterocycles. The molecule has 11 nitrogen and oxygen atoms in total. The van der Waals surface area contributed by atoms with Crippen LogP contribution in [-0.4, -0.2) is 48.1 Å². The maximum Gasteiger partial charge on any atom is 0.416 e. The van der Waals surface area contributed by atoms with Gasteiger partial charge in [-0.2, -0.15) is 68.5 Å². The molecule has 19 rings (SSSR count). The minimum atomic E-state index is -5.22. The molecule has 4 heterocycles. The molecule has 608 valence electrons. The molecule has 0 amide bonds. The molecule has 0 spiro atoms. The van der Waals surface area contributed by atoms with Crippen molar-refractivity contribution in [2.45, 2.75) is 31.1 Å². The van der Waals surface area contributed by atoms with Gasteiger partial charge in [0.05, 0.1) is 73.7 Å². The summed E-state index contributed by atoms with van der Waals surface area (Å²) in [6.07, 6.45) is -20.9. The minimum Gasteiger partial charge on any atom is -0.324 e. The standard InChI is InChI=1S/C103H57F12N11/c104-100(105,106)74-44-71(45-75(52-74)101(107,108)109)82-39-33-78(54-88(82)98-121-94(60-17-5-1-6-18-60)119-95(122-98)61-19-7-2-8-20-61)125-90-41-32-66(64-26-15-16-59(42-64)56-116)48-87(90)86-36-29-67(49-91(86)125)65-28-35-81(73(43-65)58-118)69-31-38-85-84-37-30-68(80-27-14-13-25-70(80)57-117)50-92(84)126(93(85)51-69)79-34-40-83(72-46-76(102(110,111)112)53-77(47-72)103(113,114)115)89(55-79)99-123-96(62-21-9-3-10-22-62)120-97(124-99)63-23-11-4-12-24-63/h1-44,46-55H,45H2,(H,119,121,122). The van der Waals surface area contributed by atoms with E-state index in [1.807, 2.05) is 94.1 Å². The van der Waals surface area contributed by atoms with Gasteiger partial charge in [0.2, 0.25) is 0 Å². The number of nitrogens with zero attached hydrogens (tertiary/aromatic N) is 10. The Labute approximate surface area is 709 Å². The van der Waals surface area contributed by atoms with Crippen LogP contribution in [0.2, 0.25) is 0 Å². The Morgan fingerprint density at radius 1 is 0.310 bits per heavy atom. The van der Waals surface area contributed by atoms with Gasteiger partial charge >= 0.3 is 24.7 Å². The largest absolute Gasteiger partial charge is 0.416 e. The van der Waals surface area contributed by atoms with Crippen molar-refractivity contribution in [3.05, 3.63) is 388 Å². The summed E-state index contributed by atoms with van der Waals surface area (Å²) in [7, 11) is 0. The fraction of sp³-hybridized carbons (Fsp3) is 0.0485. The van der Waals surface area contributed by atoms with Crippen molar-refractivity contribution < 1.29 is 52.7 Å². The second kappa shape index (κ2) is 31.3. The number of rotatable bonds is 12. The fourth-order valence-electron chi connectivity index (χ4n) is 16.5. The lowest BCUT2D eigenvalue weighted by molar-refractivity contribution is -0.143. The highest BCUT2D eigenvalue weighted by Gasteiger charge is 2.42. The Balaban J connectivity index is 0.812. The third-order valence-corrected chi connectivity index (χ3v) is 22.4. The summed E-state index contributed by atoms with van der Waals surface area (Å²) in [6.45, 7) is 0. The number of benzene rings is 14. The Bertz CT molecular complexity index is 7700. The monoisotopic (exact) mass is 1680 g/mol. The van der Waals surface area contributed by atoms with E-state index in [9.17, 15) is 68.5 Å². The van der Waals surface area contributed by atoms with Crippen LogP contribution in [0.5, 0.6) is 0 Å².